The van der Waals surface area contributed by atoms with E-state index in [1.807, 2.05) is 6.92 Å². The van der Waals surface area contributed by atoms with E-state index in [4.69, 9.17) is 26.6 Å². The minimum Gasteiger partial charge on any atom is -0.399 e. The van der Waals surface area contributed by atoms with Crippen molar-refractivity contribution < 1.29 is 9.26 Å². The first-order chi connectivity index (χ1) is 8.63. The fraction of sp³-hybridized carbons (Fsp3) is 0.333. The summed E-state index contributed by atoms with van der Waals surface area (Å²) < 4.78 is 10.4. The van der Waals surface area contributed by atoms with E-state index < -0.39 is 0 Å². The highest BCUT2D eigenvalue weighted by Crippen LogP contribution is 2.26. The average molecular weight is 268 g/mol. The Hall–Kier alpha value is -1.59. The van der Waals surface area contributed by atoms with Crippen molar-refractivity contribution in [2.45, 2.75) is 19.4 Å². The number of ether oxygens (including phenoxy) is 1. The molecule has 1 heterocycles. The molecule has 0 aliphatic rings. The SMILES string of the molecule is CCC(OC)c1noc(-c2cc(N)cc(Cl)c2)n1. The smallest absolute Gasteiger partial charge is 0.258 e. The molecule has 5 nitrogen and oxygen atoms in total. The molecular weight excluding hydrogens is 254 g/mol. The predicted molar refractivity (Wildman–Crippen MR) is 69.2 cm³/mol. The van der Waals surface area contributed by atoms with Gasteiger partial charge in [0.2, 0.25) is 5.82 Å². The van der Waals surface area contributed by atoms with Gasteiger partial charge in [0, 0.05) is 23.4 Å². The number of hydrogen-bond donors (Lipinski definition) is 1. The van der Waals surface area contributed by atoms with Crippen LogP contribution in [0.15, 0.2) is 22.7 Å². The molecule has 0 aliphatic heterocycles. The number of anilines is 1. The minimum atomic E-state index is -0.168. The van der Waals surface area contributed by atoms with E-state index in [1.54, 1.807) is 25.3 Å². The van der Waals surface area contributed by atoms with E-state index in [2.05, 4.69) is 10.1 Å². The van der Waals surface area contributed by atoms with Crippen LogP contribution in [0, 0.1) is 0 Å². The van der Waals surface area contributed by atoms with Crippen LogP contribution in [0.5, 0.6) is 0 Å². The minimum absolute atomic E-state index is 0.168. The molecule has 0 saturated carbocycles. The highest BCUT2D eigenvalue weighted by atomic mass is 35.5. The van der Waals surface area contributed by atoms with Crippen molar-refractivity contribution in [1.82, 2.24) is 10.1 Å². The third kappa shape index (κ3) is 2.63. The molecule has 0 fully saturated rings. The van der Waals surface area contributed by atoms with Crippen LogP contribution in [-0.2, 0) is 4.74 Å². The van der Waals surface area contributed by atoms with Crippen molar-refractivity contribution in [3.63, 3.8) is 0 Å². The summed E-state index contributed by atoms with van der Waals surface area (Å²) in [6, 6.07) is 5.12. The lowest BCUT2D eigenvalue weighted by atomic mass is 10.2. The maximum atomic E-state index is 5.93. The molecule has 96 valence electrons. The number of hydrogen-bond acceptors (Lipinski definition) is 5. The molecule has 1 aromatic carbocycles. The first-order valence-electron chi connectivity index (χ1n) is 5.57. The van der Waals surface area contributed by atoms with Gasteiger partial charge in [-0.25, -0.2) is 0 Å². The van der Waals surface area contributed by atoms with Crippen molar-refractivity contribution in [2.24, 2.45) is 0 Å². The Balaban J connectivity index is 2.34. The molecule has 18 heavy (non-hydrogen) atoms. The number of methoxy groups -OCH3 is 1. The maximum absolute atomic E-state index is 5.93. The number of nitrogens with two attached hydrogens (primary N) is 1. The molecule has 0 spiro atoms. The molecule has 6 heteroatoms. The Morgan fingerprint density at radius 3 is 2.83 bits per heavy atom. The third-order valence-electron chi connectivity index (χ3n) is 2.55. The second-order valence-corrected chi connectivity index (χ2v) is 4.30. The zero-order chi connectivity index (χ0) is 13.1. The van der Waals surface area contributed by atoms with Gasteiger partial charge >= 0.3 is 0 Å². The van der Waals surface area contributed by atoms with E-state index in [-0.39, 0.29) is 6.10 Å². The van der Waals surface area contributed by atoms with Crippen molar-refractivity contribution in [2.75, 3.05) is 12.8 Å². The number of nitrogen functional groups attached to an aromatic ring is 1. The molecule has 2 N–H and O–H groups in total. The van der Waals surface area contributed by atoms with E-state index >= 15 is 0 Å². The quantitative estimate of drug-likeness (QED) is 0.862. The van der Waals surface area contributed by atoms with Gasteiger partial charge in [-0.2, -0.15) is 4.98 Å². The number of aromatic nitrogens is 2. The normalized spacial score (nSPS) is 12.6. The molecular formula is C12H14ClN3O2. The average Bonchev–Trinajstić information content (AvgIpc) is 2.79. The first kappa shape index (κ1) is 12.9. The first-order valence-corrected chi connectivity index (χ1v) is 5.94. The summed E-state index contributed by atoms with van der Waals surface area (Å²) in [5, 5.41) is 4.43. The Labute approximate surface area is 110 Å². The fourth-order valence-electron chi connectivity index (χ4n) is 1.67. The number of halogens is 1. The van der Waals surface area contributed by atoms with Gasteiger partial charge in [-0.15, -0.1) is 0 Å². The summed E-state index contributed by atoms with van der Waals surface area (Å²) in [7, 11) is 1.61. The molecule has 1 unspecified atom stereocenters. The second kappa shape index (κ2) is 5.37. The largest absolute Gasteiger partial charge is 0.399 e. The predicted octanol–water partition coefficient (Wildman–Crippen LogP) is 3.07. The van der Waals surface area contributed by atoms with Gasteiger partial charge in [0.1, 0.15) is 6.10 Å². The van der Waals surface area contributed by atoms with Gasteiger partial charge in [0.05, 0.1) is 0 Å². The lowest BCUT2D eigenvalue weighted by Gasteiger charge is -2.06. The zero-order valence-electron chi connectivity index (χ0n) is 10.2. The summed E-state index contributed by atoms with van der Waals surface area (Å²) in [5.74, 6) is 0.906. The van der Waals surface area contributed by atoms with Crippen molar-refractivity contribution in [1.29, 1.82) is 0 Å². The van der Waals surface area contributed by atoms with Crippen LogP contribution in [0.2, 0.25) is 5.02 Å². The molecule has 1 aromatic heterocycles. The highest BCUT2D eigenvalue weighted by molar-refractivity contribution is 6.31. The van der Waals surface area contributed by atoms with Crippen LogP contribution < -0.4 is 5.73 Å². The number of rotatable bonds is 4. The molecule has 2 aromatic rings. The Morgan fingerprint density at radius 1 is 1.44 bits per heavy atom. The van der Waals surface area contributed by atoms with Crippen LogP contribution in [0.25, 0.3) is 11.5 Å². The van der Waals surface area contributed by atoms with E-state index in [1.165, 1.54) is 0 Å². The Bertz CT molecular complexity index is 518. The summed E-state index contributed by atoms with van der Waals surface area (Å²) in [6.07, 6.45) is 0.603. The molecule has 0 aliphatic carbocycles. The summed E-state index contributed by atoms with van der Waals surface area (Å²) in [5.41, 5.74) is 6.97. The highest BCUT2D eigenvalue weighted by Gasteiger charge is 2.17. The molecule has 2 rings (SSSR count). The topological polar surface area (TPSA) is 74.2 Å². The van der Waals surface area contributed by atoms with Crippen LogP contribution in [0.1, 0.15) is 25.3 Å². The zero-order valence-corrected chi connectivity index (χ0v) is 10.9. The van der Waals surface area contributed by atoms with Crippen LogP contribution >= 0.6 is 11.6 Å². The summed E-state index contributed by atoms with van der Waals surface area (Å²) in [4.78, 5) is 4.29. The van der Waals surface area contributed by atoms with Gasteiger partial charge in [-0.1, -0.05) is 23.7 Å². The maximum Gasteiger partial charge on any atom is 0.258 e. The molecule has 1 atom stereocenters. The van der Waals surface area contributed by atoms with E-state index in [9.17, 15) is 0 Å². The number of nitrogens with zero attached hydrogens (tertiary/aromatic N) is 2. The van der Waals surface area contributed by atoms with Gasteiger partial charge in [0.15, 0.2) is 0 Å². The van der Waals surface area contributed by atoms with Crippen LogP contribution in [0.4, 0.5) is 5.69 Å². The van der Waals surface area contributed by atoms with Gasteiger partial charge in [0.25, 0.3) is 5.89 Å². The lowest BCUT2D eigenvalue weighted by molar-refractivity contribution is 0.0903. The Kier molecular flexibility index (Phi) is 3.84. The van der Waals surface area contributed by atoms with Crippen molar-refractivity contribution in [3.8, 4) is 11.5 Å². The molecule has 0 radical (unpaired) electrons. The van der Waals surface area contributed by atoms with Gasteiger partial charge in [-0.3, -0.25) is 0 Å². The monoisotopic (exact) mass is 267 g/mol. The Morgan fingerprint density at radius 2 is 2.22 bits per heavy atom. The molecule has 0 saturated heterocycles. The number of benzene rings is 1. The second-order valence-electron chi connectivity index (χ2n) is 3.86. The molecule has 0 bridgehead atoms. The van der Waals surface area contributed by atoms with Gasteiger partial charge < -0.3 is 15.0 Å². The standard InChI is InChI=1S/C12H14ClN3O2/c1-3-10(17-2)11-15-12(18-16-11)7-4-8(13)6-9(14)5-7/h4-6,10H,3,14H2,1-2H3. The van der Waals surface area contributed by atoms with Crippen LogP contribution in [-0.4, -0.2) is 17.3 Å². The van der Waals surface area contributed by atoms with Crippen LogP contribution in [0.3, 0.4) is 0 Å². The van der Waals surface area contributed by atoms with E-state index in [0.29, 0.717) is 28.0 Å². The van der Waals surface area contributed by atoms with E-state index in [0.717, 1.165) is 6.42 Å². The lowest BCUT2D eigenvalue weighted by Crippen LogP contribution is -2.01. The van der Waals surface area contributed by atoms with Gasteiger partial charge in [-0.05, 0) is 24.6 Å². The third-order valence-corrected chi connectivity index (χ3v) is 2.77. The molecule has 0 amide bonds. The summed E-state index contributed by atoms with van der Waals surface area (Å²) in [6.45, 7) is 1.99. The fourth-order valence-corrected chi connectivity index (χ4v) is 1.92. The summed E-state index contributed by atoms with van der Waals surface area (Å²) >= 11 is 5.93. The van der Waals surface area contributed by atoms with Crippen molar-refractivity contribution in [3.05, 3.63) is 29.0 Å². The van der Waals surface area contributed by atoms with Crippen molar-refractivity contribution >= 4 is 17.3 Å².